The van der Waals surface area contributed by atoms with Gasteiger partial charge in [-0.25, -0.2) is 0 Å². The van der Waals surface area contributed by atoms with E-state index in [2.05, 4.69) is 41.0 Å². The Kier molecular flexibility index (Phi) is 5.77. The number of thioether (sulfide) groups is 1. The molecule has 0 saturated carbocycles. The van der Waals surface area contributed by atoms with E-state index in [1.54, 1.807) is 0 Å². The van der Waals surface area contributed by atoms with Crippen LogP contribution in [0.5, 0.6) is 0 Å². The van der Waals surface area contributed by atoms with Crippen molar-refractivity contribution in [1.82, 2.24) is 9.80 Å². The van der Waals surface area contributed by atoms with Gasteiger partial charge >= 0.3 is 0 Å². The Labute approximate surface area is 144 Å². The van der Waals surface area contributed by atoms with Crippen molar-refractivity contribution in [3.63, 3.8) is 0 Å². The lowest BCUT2D eigenvalue weighted by atomic mass is 9.90. The van der Waals surface area contributed by atoms with Crippen molar-refractivity contribution in [1.29, 1.82) is 0 Å². The summed E-state index contributed by atoms with van der Waals surface area (Å²) in [6.45, 7) is 6.82. The third kappa shape index (κ3) is 4.46. The van der Waals surface area contributed by atoms with Crippen molar-refractivity contribution in [3.8, 4) is 0 Å². The molecule has 0 bridgehead atoms. The van der Waals surface area contributed by atoms with Crippen LogP contribution in [0.3, 0.4) is 0 Å². The van der Waals surface area contributed by atoms with E-state index in [4.69, 9.17) is 12.2 Å². The first kappa shape index (κ1) is 16.3. The number of hydrogen-bond acceptors (Lipinski definition) is 3. The number of rotatable bonds is 5. The highest BCUT2D eigenvalue weighted by Gasteiger charge is 2.23. The topological polar surface area (TPSA) is 6.48 Å². The number of thiocarbonyl (C=S) groups is 1. The lowest BCUT2D eigenvalue weighted by Crippen LogP contribution is -2.42. The number of aryl methyl sites for hydroxylation is 2. The third-order valence-electron chi connectivity index (χ3n) is 4.88. The fourth-order valence-electron chi connectivity index (χ4n) is 3.34. The van der Waals surface area contributed by atoms with E-state index in [0.717, 1.165) is 23.5 Å². The molecule has 0 unspecified atom stereocenters. The highest BCUT2D eigenvalue weighted by Crippen LogP contribution is 2.24. The summed E-state index contributed by atoms with van der Waals surface area (Å²) in [5, 5.41) is 0. The molecule has 3 rings (SSSR count). The summed E-state index contributed by atoms with van der Waals surface area (Å²) < 4.78 is 1.10. The molecule has 1 aromatic carbocycles. The molecule has 2 aliphatic rings. The van der Waals surface area contributed by atoms with Crippen LogP contribution >= 0.6 is 24.0 Å². The molecule has 0 atom stereocenters. The van der Waals surface area contributed by atoms with Crippen LogP contribution in [0.15, 0.2) is 24.3 Å². The molecule has 0 aromatic heterocycles. The molecular weight excluding hydrogens is 308 g/mol. The van der Waals surface area contributed by atoms with Crippen molar-refractivity contribution < 1.29 is 0 Å². The fourth-order valence-corrected chi connectivity index (χ4v) is 4.55. The SMILES string of the molecule is Cc1ccc(CCC2CCN(CN3CCSC3=S)CC2)cc1. The average molecular weight is 335 g/mol. The number of benzene rings is 1. The van der Waals surface area contributed by atoms with Crippen LogP contribution < -0.4 is 0 Å². The van der Waals surface area contributed by atoms with E-state index >= 15 is 0 Å². The molecule has 2 fully saturated rings. The van der Waals surface area contributed by atoms with E-state index in [0.29, 0.717) is 0 Å². The molecule has 2 saturated heterocycles. The average Bonchev–Trinajstić information content (AvgIpc) is 2.93. The van der Waals surface area contributed by atoms with E-state index in [1.165, 1.54) is 55.7 Å². The minimum atomic E-state index is 0.900. The Hall–Kier alpha value is -0.580. The number of piperidine rings is 1. The highest BCUT2D eigenvalue weighted by atomic mass is 32.2. The molecule has 2 heterocycles. The monoisotopic (exact) mass is 334 g/mol. The van der Waals surface area contributed by atoms with Gasteiger partial charge in [0.15, 0.2) is 0 Å². The molecule has 1 aromatic rings. The van der Waals surface area contributed by atoms with E-state index in [9.17, 15) is 0 Å². The number of nitrogens with zero attached hydrogens (tertiary/aromatic N) is 2. The second-order valence-electron chi connectivity index (χ2n) is 6.60. The Balaban J connectivity index is 1.38. The first-order valence-corrected chi connectivity index (χ1v) is 9.80. The highest BCUT2D eigenvalue weighted by molar-refractivity contribution is 8.23. The standard InChI is InChI=1S/C18H26N2S2/c1-15-2-4-16(5-3-15)6-7-17-8-10-19(11-9-17)14-20-12-13-22-18(20)21/h2-5,17H,6-14H2,1H3. The van der Waals surface area contributed by atoms with E-state index in [-0.39, 0.29) is 0 Å². The lowest BCUT2D eigenvalue weighted by molar-refractivity contribution is 0.135. The summed E-state index contributed by atoms with van der Waals surface area (Å²) >= 11 is 7.23. The molecule has 120 valence electrons. The van der Waals surface area contributed by atoms with Gasteiger partial charge in [0.1, 0.15) is 4.32 Å². The number of hydrogen-bond donors (Lipinski definition) is 0. The summed E-state index contributed by atoms with van der Waals surface area (Å²) in [5.41, 5.74) is 2.85. The zero-order valence-corrected chi connectivity index (χ0v) is 15.1. The lowest BCUT2D eigenvalue weighted by Gasteiger charge is -2.34. The minimum Gasteiger partial charge on any atom is -0.344 e. The van der Waals surface area contributed by atoms with Gasteiger partial charge in [0.25, 0.3) is 0 Å². The van der Waals surface area contributed by atoms with E-state index < -0.39 is 0 Å². The summed E-state index contributed by atoms with van der Waals surface area (Å²) in [7, 11) is 0. The molecule has 22 heavy (non-hydrogen) atoms. The predicted octanol–water partition coefficient (Wildman–Crippen LogP) is 3.93. The summed E-state index contributed by atoms with van der Waals surface area (Å²) in [6.07, 6.45) is 5.27. The van der Waals surface area contributed by atoms with Crippen LogP contribution in [0, 0.1) is 12.8 Å². The Morgan fingerprint density at radius 3 is 2.50 bits per heavy atom. The molecule has 0 N–H and O–H groups in total. The summed E-state index contributed by atoms with van der Waals surface area (Å²) in [6, 6.07) is 9.04. The molecular formula is C18H26N2S2. The van der Waals surface area contributed by atoms with Gasteiger partial charge in [-0.05, 0) is 44.1 Å². The maximum Gasteiger partial charge on any atom is 0.137 e. The second-order valence-corrected chi connectivity index (χ2v) is 8.33. The van der Waals surface area contributed by atoms with Gasteiger partial charge in [-0.3, -0.25) is 4.90 Å². The fraction of sp³-hybridized carbons (Fsp3) is 0.611. The van der Waals surface area contributed by atoms with Crippen LogP contribution in [0.25, 0.3) is 0 Å². The van der Waals surface area contributed by atoms with Crippen LogP contribution in [0.1, 0.15) is 30.4 Å². The normalized spacial score (nSPS) is 20.8. The molecule has 0 radical (unpaired) electrons. The van der Waals surface area contributed by atoms with Crippen LogP contribution in [-0.4, -0.2) is 46.2 Å². The first-order valence-electron chi connectivity index (χ1n) is 8.40. The molecule has 0 spiro atoms. The van der Waals surface area contributed by atoms with Crippen molar-refractivity contribution >= 4 is 28.3 Å². The smallest absolute Gasteiger partial charge is 0.137 e. The third-order valence-corrected chi connectivity index (χ3v) is 6.39. The van der Waals surface area contributed by atoms with Gasteiger partial charge in [-0.1, -0.05) is 53.8 Å². The minimum absolute atomic E-state index is 0.900. The Morgan fingerprint density at radius 2 is 1.86 bits per heavy atom. The molecule has 2 aliphatic heterocycles. The van der Waals surface area contributed by atoms with Crippen molar-refractivity contribution in [2.75, 3.05) is 32.1 Å². The van der Waals surface area contributed by atoms with Gasteiger partial charge in [-0.15, -0.1) is 0 Å². The Morgan fingerprint density at radius 1 is 1.14 bits per heavy atom. The zero-order valence-electron chi connectivity index (χ0n) is 13.5. The van der Waals surface area contributed by atoms with E-state index in [1.807, 2.05) is 11.8 Å². The maximum atomic E-state index is 5.40. The zero-order chi connectivity index (χ0) is 15.4. The maximum absolute atomic E-state index is 5.40. The first-order chi connectivity index (χ1) is 10.7. The van der Waals surface area contributed by atoms with Gasteiger partial charge in [0.2, 0.25) is 0 Å². The molecule has 4 heteroatoms. The molecule has 0 amide bonds. The quantitative estimate of drug-likeness (QED) is 0.752. The second kappa shape index (κ2) is 7.80. The van der Waals surface area contributed by atoms with Crippen molar-refractivity contribution in [3.05, 3.63) is 35.4 Å². The molecule has 0 aliphatic carbocycles. The van der Waals surface area contributed by atoms with Gasteiger partial charge in [0, 0.05) is 25.4 Å². The number of likely N-dealkylation sites (tertiary alicyclic amines) is 1. The summed E-state index contributed by atoms with van der Waals surface area (Å²) in [5.74, 6) is 2.07. The van der Waals surface area contributed by atoms with Crippen molar-refractivity contribution in [2.45, 2.75) is 32.6 Å². The van der Waals surface area contributed by atoms with Gasteiger partial charge in [-0.2, -0.15) is 0 Å². The summed E-state index contributed by atoms with van der Waals surface area (Å²) in [4.78, 5) is 4.95. The van der Waals surface area contributed by atoms with Gasteiger partial charge < -0.3 is 4.90 Å². The predicted molar refractivity (Wildman–Crippen MR) is 100 cm³/mol. The largest absolute Gasteiger partial charge is 0.344 e. The van der Waals surface area contributed by atoms with Gasteiger partial charge in [0.05, 0.1) is 6.67 Å². The Bertz CT molecular complexity index is 492. The van der Waals surface area contributed by atoms with Crippen LogP contribution in [0.2, 0.25) is 0 Å². The van der Waals surface area contributed by atoms with Crippen molar-refractivity contribution in [2.24, 2.45) is 5.92 Å². The van der Waals surface area contributed by atoms with Crippen LogP contribution in [-0.2, 0) is 6.42 Å². The van der Waals surface area contributed by atoms with Crippen LogP contribution in [0.4, 0.5) is 0 Å². The molecule has 2 nitrogen and oxygen atoms in total.